The van der Waals surface area contributed by atoms with E-state index in [2.05, 4.69) is 42.6 Å². The van der Waals surface area contributed by atoms with E-state index in [1.165, 1.54) is 58.0 Å². The van der Waals surface area contributed by atoms with Gasteiger partial charge in [0.15, 0.2) is 0 Å². The lowest BCUT2D eigenvalue weighted by Gasteiger charge is -2.55. The van der Waals surface area contributed by atoms with E-state index in [1.807, 2.05) is 7.11 Å². The average Bonchev–Trinajstić information content (AvgIpc) is 2.53. The van der Waals surface area contributed by atoms with Gasteiger partial charge in [-0.25, -0.2) is 0 Å². The molecule has 1 heterocycles. The van der Waals surface area contributed by atoms with Crippen molar-refractivity contribution in [1.29, 1.82) is 0 Å². The smallest absolute Gasteiger partial charge is 0.0587 e. The van der Waals surface area contributed by atoms with E-state index in [0.29, 0.717) is 6.10 Å². The van der Waals surface area contributed by atoms with Crippen molar-refractivity contribution >= 4 is 11.8 Å². The van der Waals surface area contributed by atoms with Crippen LogP contribution in [0.15, 0.2) is 0 Å². The van der Waals surface area contributed by atoms with Crippen LogP contribution in [0.2, 0.25) is 0 Å². The summed E-state index contributed by atoms with van der Waals surface area (Å²) in [6.07, 6.45) is 10.1. The maximum Gasteiger partial charge on any atom is 0.0587 e. The highest BCUT2D eigenvalue weighted by molar-refractivity contribution is 8.00. The molecule has 3 aliphatic rings. The van der Waals surface area contributed by atoms with Crippen molar-refractivity contribution in [3.05, 3.63) is 0 Å². The Labute approximate surface area is 147 Å². The highest BCUT2D eigenvalue weighted by Gasteiger charge is 2.46. The third-order valence-electron chi connectivity index (χ3n) is 6.11. The Morgan fingerprint density at radius 2 is 1.83 bits per heavy atom. The van der Waals surface area contributed by atoms with Gasteiger partial charge in [0.05, 0.1) is 6.10 Å². The van der Waals surface area contributed by atoms with E-state index >= 15 is 0 Å². The van der Waals surface area contributed by atoms with Crippen LogP contribution in [0, 0.1) is 5.92 Å². The van der Waals surface area contributed by atoms with Gasteiger partial charge in [-0.3, -0.25) is 4.90 Å². The number of hydrogen-bond donors (Lipinski definition) is 0. The second kappa shape index (κ2) is 8.07. The summed E-state index contributed by atoms with van der Waals surface area (Å²) in [6, 6.07) is 1.58. The third kappa shape index (κ3) is 4.26. The zero-order valence-corrected chi connectivity index (χ0v) is 16.4. The van der Waals surface area contributed by atoms with Crippen LogP contribution in [0.5, 0.6) is 0 Å². The molecule has 134 valence electrons. The van der Waals surface area contributed by atoms with Crippen LogP contribution in [-0.2, 0) is 4.74 Å². The Morgan fingerprint density at radius 1 is 1.09 bits per heavy atom. The summed E-state index contributed by atoms with van der Waals surface area (Å²) in [4.78, 5) is 5.29. The zero-order valence-electron chi connectivity index (χ0n) is 15.5. The normalized spacial score (nSPS) is 39.8. The number of nitrogens with zero attached hydrogens (tertiary/aromatic N) is 2. The summed E-state index contributed by atoms with van der Waals surface area (Å²) < 4.78 is 5.75. The highest BCUT2D eigenvalue weighted by Crippen LogP contribution is 2.46. The van der Waals surface area contributed by atoms with Crippen LogP contribution >= 0.6 is 11.8 Å². The molecule has 4 heteroatoms. The molecule has 5 unspecified atom stereocenters. The van der Waals surface area contributed by atoms with Crippen molar-refractivity contribution in [2.24, 2.45) is 5.92 Å². The molecule has 0 aromatic carbocycles. The van der Waals surface area contributed by atoms with Gasteiger partial charge in [0.2, 0.25) is 0 Å². The molecule has 3 fully saturated rings. The van der Waals surface area contributed by atoms with Gasteiger partial charge in [0.25, 0.3) is 0 Å². The van der Waals surface area contributed by atoms with Gasteiger partial charge in [0, 0.05) is 42.8 Å². The summed E-state index contributed by atoms with van der Waals surface area (Å²) in [6.45, 7) is 4.91. The Hall–Kier alpha value is 0.230. The number of fused-ring (bicyclic) bond motifs is 2. The number of ether oxygens (including phenoxy) is 1. The molecule has 3 rings (SSSR count). The highest BCUT2D eigenvalue weighted by atomic mass is 32.2. The largest absolute Gasteiger partial charge is 0.381 e. The van der Waals surface area contributed by atoms with E-state index in [1.54, 1.807) is 0 Å². The summed E-state index contributed by atoms with van der Waals surface area (Å²) in [7, 11) is 6.32. The number of thioether (sulfide) groups is 1. The molecule has 0 radical (unpaired) electrons. The van der Waals surface area contributed by atoms with Gasteiger partial charge < -0.3 is 9.64 Å². The summed E-state index contributed by atoms with van der Waals surface area (Å²) >= 11 is 2.35. The number of rotatable bonds is 5. The molecule has 1 aliphatic heterocycles. The molecule has 6 atom stereocenters. The second-order valence-electron chi connectivity index (χ2n) is 8.37. The van der Waals surface area contributed by atoms with Gasteiger partial charge in [-0.2, -0.15) is 11.8 Å². The molecule has 3 nitrogen and oxygen atoms in total. The maximum absolute atomic E-state index is 5.75. The topological polar surface area (TPSA) is 15.7 Å². The molecule has 2 saturated carbocycles. The lowest BCUT2D eigenvalue weighted by Crippen LogP contribution is -2.61. The molecule has 0 aromatic heterocycles. The van der Waals surface area contributed by atoms with Gasteiger partial charge in [-0.1, -0.05) is 19.8 Å². The van der Waals surface area contributed by atoms with Gasteiger partial charge in [-0.15, -0.1) is 0 Å². The molecule has 0 bridgehead atoms. The van der Waals surface area contributed by atoms with Crippen LogP contribution in [0.3, 0.4) is 0 Å². The van der Waals surface area contributed by atoms with Crippen molar-refractivity contribution in [3.8, 4) is 0 Å². The maximum atomic E-state index is 5.75. The van der Waals surface area contributed by atoms with Gasteiger partial charge >= 0.3 is 0 Å². The molecule has 23 heavy (non-hydrogen) atoms. The van der Waals surface area contributed by atoms with E-state index in [-0.39, 0.29) is 0 Å². The molecule has 0 aromatic rings. The molecular formula is C19H36N2OS. The van der Waals surface area contributed by atoms with Gasteiger partial charge in [0.1, 0.15) is 0 Å². The summed E-state index contributed by atoms with van der Waals surface area (Å²) in [5, 5.41) is 1.75. The second-order valence-corrected chi connectivity index (χ2v) is 9.85. The van der Waals surface area contributed by atoms with Crippen LogP contribution in [-0.4, -0.2) is 72.8 Å². The lowest BCUT2D eigenvalue weighted by molar-refractivity contribution is -0.000602. The molecule has 0 N–H and O–H groups in total. The van der Waals surface area contributed by atoms with E-state index < -0.39 is 0 Å². The fourth-order valence-corrected chi connectivity index (χ4v) is 7.15. The van der Waals surface area contributed by atoms with Crippen LogP contribution in [0.4, 0.5) is 0 Å². The minimum absolute atomic E-state index is 0.489. The van der Waals surface area contributed by atoms with E-state index in [0.717, 1.165) is 28.5 Å². The number of hydrogen-bond acceptors (Lipinski definition) is 4. The quantitative estimate of drug-likeness (QED) is 0.761. The summed E-state index contributed by atoms with van der Waals surface area (Å²) in [5.41, 5.74) is 0. The predicted octanol–water partition coefficient (Wildman–Crippen LogP) is 3.48. The molecule has 1 saturated heterocycles. The number of methoxy groups -OCH3 is 1. The van der Waals surface area contributed by atoms with Crippen molar-refractivity contribution in [3.63, 3.8) is 0 Å². The minimum Gasteiger partial charge on any atom is -0.381 e. The fourth-order valence-electron chi connectivity index (χ4n) is 5.20. The van der Waals surface area contributed by atoms with Crippen molar-refractivity contribution < 1.29 is 4.74 Å². The van der Waals surface area contributed by atoms with E-state index in [4.69, 9.17) is 4.74 Å². The molecule has 0 amide bonds. The van der Waals surface area contributed by atoms with Crippen molar-refractivity contribution in [1.82, 2.24) is 9.80 Å². The Morgan fingerprint density at radius 3 is 2.57 bits per heavy atom. The van der Waals surface area contributed by atoms with E-state index in [9.17, 15) is 0 Å². The van der Waals surface area contributed by atoms with Crippen LogP contribution < -0.4 is 0 Å². The Kier molecular flexibility index (Phi) is 6.33. The zero-order chi connectivity index (χ0) is 16.4. The standard InChI is InChI=1S/C19H36N2OS/c1-14(12-20(2)3)13-21-16-7-5-6-8-18(16)23-19-10-9-15(22-4)11-17(19)21/h14-19H,5-13H2,1-4H3/t14-,15?,16?,17?,18?,19?/m1/s1. The van der Waals surface area contributed by atoms with Gasteiger partial charge in [-0.05, 0) is 52.1 Å². The minimum atomic E-state index is 0.489. The first kappa shape index (κ1) is 18.0. The average molecular weight is 341 g/mol. The first-order valence-electron chi connectivity index (χ1n) is 9.67. The molecule has 2 aliphatic carbocycles. The summed E-state index contributed by atoms with van der Waals surface area (Å²) in [5.74, 6) is 0.749. The SMILES string of the molecule is COC1CCC2SC3CCCCC3N(C[C@H](C)CN(C)C)C2C1. The van der Waals surface area contributed by atoms with Crippen LogP contribution in [0.1, 0.15) is 51.9 Å². The monoisotopic (exact) mass is 340 g/mol. The van der Waals surface area contributed by atoms with Crippen molar-refractivity contribution in [2.75, 3.05) is 34.3 Å². The lowest BCUT2D eigenvalue weighted by atomic mass is 9.85. The Balaban J connectivity index is 1.74. The first-order valence-corrected chi connectivity index (χ1v) is 10.6. The van der Waals surface area contributed by atoms with Crippen molar-refractivity contribution in [2.45, 2.75) is 80.6 Å². The van der Waals surface area contributed by atoms with Crippen LogP contribution in [0.25, 0.3) is 0 Å². The fraction of sp³-hybridized carbons (Fsp3) is 1.00. The predicted molar refractivity (Wildman–Crippen MR) is 100 cm³/mol. The third-order valence-corrected chi connectivity index (χ3v) is 7.91. The first-order chi connectivity index (χ1) is 11.1. The Bertz CT molecular complexity index is 378. The molecule has 0 spiro atoms. The molecular weight excluding hydrogens is 304 g/mol.